The molecule has 3 nitrogen and oxygen atoms in total. The lowest BCUT2D eigenvalue weighted by Gasteiger charge is -2.40. The van der Waals surface area contributed by atoms with Crippen molar-refractivity contribution in [3.63, 3.8) is 0 Å². The number of hydrogen-bond donors (Lipinski definition) is 2. The largest absolute Gasteiger partial charge is 0.390 e. The van der Waals surface area contributed by atoms with Crippen LogP contribution in [0.25, 0.3) is 0 Å². The Balaban J connectivity index is 2.04. The molecule has 0 amide bonds. The van der Waals surface area contributed by atoms with Crippen LogP contribution in [-0.4, -0.2) is 29.9 Å². The minimum atomic E-state index is -0.550. The van der Waals surface area contributed by atoms with Crippen LogP contribution in [0.2, 0.25) is 0 Å². The van der Waals surface area contributed by atoms with Crippen LogP contribution < -0.4 is 5.32 Å². The minimum Gasteiger partial charge on any atom is -0.390 e. The standard InChI is InChI=1S/C14H20FNO2/c1-11(17)14(6-8-16-9-7-14)18-10-12-4-2-3-5-13(12)15/h2-5,11,16-17H,6-10H2,1H3. The quantitative estimate of drug-likeness (QED) is 0.860. The molecule has 2 N–H and O–H groups in total. The highest BCUT2D eigenvalue weighted by molar-refractivity contribution is 5.16. The van der Waals surface area contributed by atoms with Crippen LogP contribution in [0.4, 0.5) is 4.39 Å². The molecule has 1 aromatic carbocycles. The highest BCUT2D eigenvalue weighted by Crippen LogP contribution is 2.28. The third-order valence-corrected chi connectivity index (χ3v) is 3.68. The SMILES string of the molecule is CC(O)C1(OCc2ccccc2F)CCNCC1. The number of halogens is 1. The first-order chi connectivity index (χ1) is 8.64. The summed E-state index contributed by atoms with van der Waals surface area (Å²) < 4.78 is 19.4. The molecule has 0 bridgehead atoms. The Kier molecular flexibility index (Phi) is 4.32. The van der Waals surface area contributed by atoms with Crippen LogP contribution in [0.3, 0.4) is 0 Å². The number of aliphatic hydroxyl groups excluding tert-OH is 1. The average molecular weight is 253 g/mol. The lowest BCUT2D eigenvalue weighted by atomic mass is 9.87. The normalized spacial score (nSPS) is 20.6. The molecule has 0 spiro atoms. The number of hydrogen-bond acceptors (Lipinski definition) is 3. The number of piperidine rings is 1. The molecule has 1 aliphatic rings. The van der Waals surface area contributed by atoms with Crippen molar-refractivity contribution >= 4 is 0 Å². The summed E-state index contributed by atoms with van der Waals surface area (Å²) in [5.41, 5.74) is -0.0101. The van der Waals surface area contributed by atoms with Gasteiger partial charge in [-0.2, -0.15) is 0 Å². The first kappa shape index (κ1) is 13.5. The Morgan fingerprint density at radius 1 is 1.39 bits per heavy atom. The van der Waals surface area contributed by atoms with E-state index in [0.29, 0.717) is 5.56 Å². The van der Waals surface area contributed by atoms with Crippen molar-refractivity contribution in [1.82, 2.24) is 5.32 Å². The zero-order valence-corrected chi connectivity index (χ0v) is 10.7. The van der Waals surface area contributed by atoms with Crippen LogP contribution in [0.5, 0.6) is 0 Å². The summed E-state index contributed by atoms with van der Waals surface area (Å²) >= 11 is 0. The molecule has 1 heterocycles. The smallest absolute Gasteiger partial charge is 0.128 e. The van der Waals surface area contributed by atoms with Crippen LogP contribution in [0, 0.1) is 5.82 Å². The van der Waals surface area contributed by atoms with E-state index in [0.717, 1.165) is 25.9 Å². The van der Waals surface area contributed by atoms with E-state index in [1.807, 2.05) is 0 Å². The maximum Gasteiger partial charge on any atom is 0.128 e. The first-order valence-electron chi connectivity index (χ1n) is 6.40. The van der Waals surface area contributed by atoms with Gasteiger partial charge in [-0.25, -0.2) is 4.39 Å². The van der Waals surface area contributed by atoms with Gasteiger partial charge in [-0.05, 0) is 38.9 Å². The summed E-state index contributed by atoms with van der Waals surface area (Å²) in [6.07, 6.45) is 0.949. The Bertz CT molecular complexity index is 389. The van der Waals surface area contributed by atoms with Crippen LogP contribution >= 0.6 is 0 Å². The van der Waals surface area contributed by atoms with Gasteiger partial charge in [0.05, 0.1) is 18.3 Å². The predicted molar refractivity (Wildman–Crippen MR) is 67.7 cm³/mol. The Labute approximate surface area is 107 Å². The fourth-order valence-corrected chi connectivity index (χ4v) is 2.37. The molecule has 1 unspecified atom stereocenters. The van der Waals surface area contributed by atoms with E-state index in [-0.39, 0.29) is 12.4 Å². The zero-order chi connectivity index (χ0) is 13.0. The van der Waals surface area contributed by atoms with Crippen LogP contribution in [0.15, 0.2) is 24.3 Å². The van der Waals surface area contributed by atoms with E-state index in [2.05, 4.69) is 5.32 Å². The van der Waals surface area contributed by atoms with E-state index in [4.69, 9.17) is 4.74 Å². The number of nitrogens with one attached hydrogen (secondary N) is 1. The van der Waals surface area contributed by atoms with Gasteiger partial charge in [-0.15, -0.1) is 0 Å². The monoisotopic (exact) mass is 253 g/mol. The van der Waals surface area contributed by atoms with Gasteiger partial charge in [0.15, 0.2) is 0 Å². The van der Waals surface area contributed by atoms with Gasteiger partial charge in [0.25, 0.3) is 0 Å². The second-order valence-corrected chi connectivity index (χ2v) is 4.87. The van der Waals surface area contributed by atoms with E-state index < -0.39 is 11.7 Å². The highest BCUT2D eigenvalue weighted by Gasteiger charge is 2.37. The minimum absolute atomic E-state index is 0.206. The molecule has 1 atom stereocenters. The molecule has 0 radical (unpaired) electrons. The molecule has 0 aromatic heterocycles. The van der Waals surface area contributed by atoms with Gasteiger partial charge in [-0.1, -0.05) is 18.2 Å². The Hall–Kier alpha value is -0.970. The topological polar surface area (TPSA) is 41.5 Å². The summed E-state index contributed by atoms with van der Waals surface area (Å²) in [4.78, 5) is 0. The molecule has 1 saturated heterocycles. The molecular formula is C14H20FNO2. The van der Waals surface area contributed by atoms with E-state index in [1.54, 1.807) is 25.1 Å². The maximum atomic E-state index is 13.5. The van der Waals surface area contributed by atoms with Crippen molar-refractivity contribution < 1.29 is 14.2 Å². The van der Waals surface area contributed by atoms with Gasteiger partial charge >= 0.3 is 0 Å². The lowest BCUT2D eigenvalue weighted by Crippen LogP contribution is -2.51. The van der Waals surface area contributed by atoms with Gasteiger partial charge in [0.1, 0.15) is 5.82 Å². The van der Waals surface area contributed by atoms with Crippen molar-refractivity contribution in [2.24, 2.45) is 0 Å². The van der Waals surface area contributed by atoms with E-state index >= 15 is 0 Å². The Morgan fingerprint density at radius 2 is 2.06 bits per heavy atom. The molecule has 0 aliphatic carbocycles. The molecule has 18 heavy (non-hydrogen) atoms. The molecule has 4 heteroatoms. The summed E-state index contributed by atoms with van der Waals surface area (Å²) in [7, 11) is 0. The predicted octanol–water partition coefficient (Wildman–Crippen LogP) is 1.85. The zero-order valence-electron chi connectivity index (χ0n) is 10.7. The summed E-state index contributed by atoms with van der Waals surface area (Å²) in [5, 5.41) is 13.2. The molecule has 0 saturated carbocycles. The average Bonchev–Trinajstić information content (AvgIpc) is 2.39. The van der Waals surface area contributed by atoms with Crippen molar-refractivity contribution in [1.29, 1.82) is 0 Å². The van der Waals surface area contributed by atoms with Crippen molar-refractivity contribution in [3.05, 3.63) is 35.6 Å². The lowest BCUT2D eigenvalue weighted by molar-refractivity contribution is -0.141. The summed E-state index contributed by atoms with van der Waals surface area (Å²) in [6, 6.07) is 6.59. The van der Waals surface area contributed by atoms with Crippen molar-refractivity contribution in [2.75, 3.05) is 13.1 Å². The molecular weight excluding hydrogens is 233 g/mol. The molecule has 1 aromatic rings. The van der Waals surface area contributed by atoms with Crippen molar-refractivity contribution in [2.45, 2.75) is 38.1 Å². The third kappa shape index (κ3) is 2.88. The number of ether oxygens (including phenoxy) is 1. The molecule has 1 fully saturated rings. The number of aliphatic hydroxyl groups is 1. The summed E-state index contributed by atoms with van der Waals surface area (Å²) in [5.74, 6) is -0.257. The van der Waals surface area contributed by atoms with Gasteiger partial charge in [0, 0.05) is 5.56 Å². The summed E-state index contributed by atoms with van der Waals surface area (Å²) in [6.45, 7) is 3.59. The Morgan fingerprint density at radius 3 is 2.67 bits per heavy atom. The second kappa shape index (κ2) is 5.78. The number of rotatable bonds is 4. The fraction of sp³-hybridized carbons (Fsp3) is 0.571. The van der Waals surface area contributed by atoms with Crippen LogP contribution in [-0.2, 0) is 11.3 Å². The van der Waals surface area contributed by atoms with Gasteiger partial charge in [-0.3, -0.25) is 0 Å². The number of benzene rings is 1. The maximum absolute atomic E-state index is 13.5. The van der Waals surface area contributed by atoms with E-state index in [1.165, 1.54) is 6.07 Å². The van der Waals surface area contributed by atoms with E-state index in [9.17, 15) is 9.50 Å². The highest BCUT2D eigenvalue weighted by atomic mass is 19.1. The van der Waals surface area contributed by atoms with Crippen LogP contribution in [0.1, 0.15) is 25.3 Å². The molecule has 1 aliphatic heterocycles. The molecule has 100 valence electrons. The fourth-order valence-electron chi connectivity index (χ4n) is 2.37. The molecule has 2 rings (SSSR count). The first-order valence-corrected chi connectivity index (χ1v) is 6.40. The van der Waals surface area contributed by atoms with Crippen molar-refractivity contribution in [3.8, 4) is 0 Å². The van der Waals surface area contributed by atoms with Gasteiger partial charge in [0.2, 0.25) is 0 Å². The third-order valence-electron chi connectivity index (χ3n) is 3.68. The van der Waals surface area contributed by atoms with Gasteiger partial charge < -0.3 is 15.2 Å². The second-order valence-electron chi connectivity index (χ2n) is 4.87.